The smallest absolute Gasteiger partial charge is 0.251 e. The SMILES string of the molecule is Cc1nccn1Cc1ccc(C(=O)NCCSCc2ccccc2Cl)cc1. The van der Waals surface area contributed by atoms with Crippen LogP contribution >= 0.6 is 23.4 Å². The van der Waals surface area contributed by atoms with Gasteiger partial charge in [0.1, 0.15) is 5.82 Å². The number of nitrogens with one attached hydrogen (secondary N) is 1. The van der Waals surface area contributed by atoms with Gasteiger partial charge in [-0.1, -0.05) is 41.9 Å². The molecule has 0 aliphatic carbocycles. The fourth-order valence-corrected chi connectivity index (χ4v) is 3.81. The number of thioether (sulfide) groups is 1. The summed E-state index contributed by atoms with van der Waals surface area (Å²) in [6.07, 6.45) is 3.75. The molecular formula is C21H22ClN3OS. The number of nitrogens with zero attached hydrogens (tertiary/aromatic N) is 2. The Morgan fingerprint density at radius 3 is 2.67 bits per heavy atom. The highest BCUT2D eigenvalue weighted by atomic mass is 35.5. The number of halogens is 1. The van der Waals surface area contributed by atoms with Gasteiger partial charge >= 0.3 is 0 Å². The number of imidazole rings is 1. The minimum absolute atomic E-state index is 0.0429. The summed E-state index contributed by atoms with van der Waals surface area (Å²) in [6, 6.07) is 15.6. The third-order valence-electron chi connectivity index (χ3n) is 4.24. The Morgan fingerprint density at radius 1 is 1.19 bits per heavy atom. The van der Waals surface area contributed by atoms with Crippen molar-refractivity contribution in [2.75, 3.05) is 12.3 Å². The maximum absolute atomic E-state index is 12.3. The lowest BCUT2D eigenvalue weighted by atomic mass is 10.1. The fraction of sp³-hybridized carbons (Fsp3) is 0.238. The van der Waals surface area contributed by atoms with Gasteiger partial charge in [-0.2, -0.15) is 11.8 Å². The summed E-state index contributed by atoms with van der Waals surface area (Å²) >= 11 is 7.90. The van der Waals surface area contributed by atoms with Crippen LogP contribution in [0.15, 0.2) is 60.9 Å². The molecule has 0 fully saturated rings. The van der Waals surface area contributed by atoms with E-state index in [1.807, 2.05) is 61.7 Å². The maximum Gasteiger partial charge on any atom is 0.251 e. The van der Waals surface area contributed by atoms with Crippen LogP contribution in [0.1, 0.15) is 27.3 Å². The molecule has 3 rings (SSSR count). The van der Waals surface area contributed by atoms with E-state index < -0.39 is 0 Å². The van der Waals surface area contributed by atoms with Crippen molar-refractivity contribution in [1.82, 2.24) is 14.9 Å². The minimum Gasteiger partial charge on any atom is -0.351 e. The molecule has 0 spiro atoms. The van der Waals surface area contributed by atoms with Crippen LogP contribution in [0.5, 0.6) is 0 Å². The Bertz CT molecular complexity index is 892. The van der Waals surface area contributed by atoms with Gasteiger partial charge in [0.05, 0.1) is 0 Å². The van der Waals surface area contributed by atoms with Crippen LogP contribution in [0, 0.1) is 6.92 Å². The van der Waals surface area contributed by atoms with Crippen LogP contribution in [0.25, 0.3) is 0 Å². The van der Waals surface area contributed by atoms with Crippen LogP contribution in [0.2, 0.25) is 5.02 Å². The number of amides is 1. The Labute approximate surface area is 169 Å². The first-order chi connectivity index (χ1) is 13.1. The summed E-state index contributed by atoms with van der Waals surface area (Å²) in [4.78, 5) is 16.5. The van der Waals surface area contributed by atoms with Crippen LogP contribution in [-0.4, -0.2) is 27.8 Å². The van der Waals surface area contributed by atoms with E-state index in [2.05, 4.69) is 14.9 Å². The van der Waals surface area contributed by atoms with E-state index in [0.717, 1.165) is 40.0 Å². The summed E-state index contributed by atoms with van der Waals surface area (Å²) in [6.45, 7) is 3.36. The predicted molar refractivity (Wildman–Crippen MR) is 112 cm³/mol. The molecule has 0 aliphatic rings. The minimum atomic E-state index is -0.0429. The average Bonchev–Trinajstić information content (AvgIpc) is 3.08. The first-order valence-corrected chi connectivity index (χ1v) is 10.3. The molecule has 0 bridgehead atoms. The number of carbonyl (C=O) groups is 1. The van der Waals surface area contributed by atoms with Gasteiger partial charge < -0.3 is 9.88 Å². The quantitative estimate of drug-likeness (QED) is 0.565. The van der Waals surface area contributed by atoms with Gasteiger partial charge in [0, 0.05) is 47.6 Å². The van der Waals surface area contributed by atoms with Gasteiger partial charge in [-0.3, -0.25) is 4.79 Å². The molecule has 0 saturated heterocycles. The van der Waals surface area contributed by atoms with Crippen molar-refractivity contribution in [2.45, 2.75) is 19.2 Å². The molecule has 140 valence electrons. The molecule has 3 aromatic rings. The number of hydrogen-bond acceptors (Lipinski definition) is 3. The van der Waals surface area contributed by atoms with Crippen LogP contribution in [0.3, 0.4) is 0 Å². The Kier molecular flexibility index (Phi) is 6.96. The number of hydrogen-bond donors (Lipinski definition) is 1. The Morgan fingerprint density at radius 2 is 1.96 bits per heavy atom. The second kappa shape index (κ2) is 9.62. The lowest BCUT2D eigenvalue weighted by molar-refractivity contribution is 0.0956. The molecule has 0 radical (unpaired) electrons. The lowest BCUT2D eigenvalue weighted by Crippen LogP contribution is -2.25. The van der Waals surface area contributed by atoms with E-state index in [9.17, 15) is 4.79 Å². The van der Waals surface area contributed by atoms with E-state index in [-0.39, 0.29) is 5.91 Å². The summed E-state index contributed by atoms with van der Waals surface area (Å²) in [5, 5.41) is 3.76. The summed E-state index contributed by atoms with van der Waals surface area (Å²) in [5.74, 6) is 2.62. The van der Waals surface area contributed by atoms with E-state index in [4.69, 9.17) is 11.6 Å². The van der Waals surface area contributed by atoms with Crippen molar-refractivity contribution in [3.63, 3.8) is 0 Å². The molecular weight excluding hydrogens is 378 g/mol. The number of benzene rings is 2. The third kappa shape index (κ3) is 5.62. The molecule has 0 aliphatic heterocycles. The normalized spacial score (nSPS) is 10.7. The molecule has 27 heavy (non-hydrogen) atoms. The second-order valence-electron chi connectivity index (χ2n) is 6.20. The van der Waals surface area contributed by atoms with Crippen LogP contribution in [0.4, 0.5) is 0 Å². The number of rotatable bonds is 8. The lowest BCUT2D eigenvalue weighted by Gasteiger charge is -2.08. The molecule has 0 atom stereocenters. The van der Waals surface area contributed by atoms with Crippen molar-refractivity contribution < 1.29 is 4.79 Å². The van der Waals surface area contributed by atoms with Crippen molar-refractivity contribution in [2.24, 2.45) is 0 Å². The fourth-order valence-electron chi connectivity index (χ4n) is 2.67. The van der Waals surface area contributed by atoms with Crippen molar-refractivity contribution in [3.05, 3.63) is 88.5 Å². The molecule has 1 aromatic heterocycles. The Balaban J connectivity index is 1.41. The van der Waals surface area contributed by atoms with E-state index >= 15 is 0 Å². The van der Waals surface area contributed by atoms with Gasteiger partial charge in [0.15, 0.2) is 0 Å². The average molecular weight is 400 g/mol. The zero-order valence-electron chi connectivity index (χ0n) is 15.2. The summed E-state index contributed by atoms with van der Waals surface area (Å²) in [5.41, 5.74) is 2.94. The van der Waals surface area contributed by atoms with Crippen LogP contribution in [-0.2, 0) is 12.3 Å². The van der Waals surface area contributed by atoms with Crippen molar-refractivity contribution in [1.29, 1.82) is 0 Å². The highest BCUT2D eigenvalue weighted by Gasteiger charge is 2.06. The predicted octanol–water partition coefficient (Wildman–Crippen LogP) is 4.56. The van der Waals surface area contributed by atoms with Gasteiger partial charge in [0.2, 0.25) is 0 Å². The molecule has 0 saturated carbocycles. The van der Waals surface area contributed by atoms with Gasteiger partial charge in [-0.15, -0.1) is 0 Å². The highest BCUT2D eigenvalue weighted by molar-refractivity contribution is 7.98. The van der Waals surface area contributed by atoms with Gasteiger partial charge in [0.25, 0.3) is 5.91 Å². The summed E-state index contributed by atoms with van der Waals surface area (Å²) in [7, 11) is 0. The largest absolute Gasteiger partial charge is 0.351 e. The van der Waals surface area contributed by atoms with E-state index in [1.165, 1.54) is 0 Å². The molecule has 0 unspecified atom stereocenters. The molecule has 1 heterocycles. The molecule has 4 nitrogen and oxygen atoms in total. The summed E-state index contributed by atoms with van der Waals surface area (Å²) < 4.78 is 2.07. The first kappa shape index (κ1) is 19.5. The van der Waals surface area contributed by atoms with E-state index in [1.54, 1.807) is 18.0 Å². The standard InChI is InChI=1S/C21H22ClN3OS/c1-16-23-10-12-25(16)14-17-6-8-18(9-7-17)21(26)24-11-13-27-15-19-4-2-3-5-20(19)22/h2-10,12H,11,13-15H2,1H3,(H,24,26). The van der Waals surface area contributed by atoms with E-state index in [0.29, 0.717) is 12.1 Å². The monoisotopic (exact) mass is 399 g/mol. The van der Waals surface area contributed by atoms with Crippen LogP contribution < -0.4 is 5.32 Å². The molecule has 1 N–H and O–H groups in total. The second-order valence-corrected chi connectivity index (χ2v) is 7.71. The van der Waals surface area contributed by atoms with Crippen molar-refractivity contribution >= 4 is 29.3 Å². The van der Waals surface area contributed by atoms with Gasteiger partial charge in [-0.05, 0) is 36.2 Å². The zero-order valence-corrected chi connectivity index (χ0v) is 16.8. The zero-order chi connectivity index (χ0) is 19.1. The highest BCUT2D eigenvalue weighted by Crippen LogP contribution is 2.20. The number of carbonyl (C=O) groups excluding carboxylic acids is 1. The molecule has 1 amide bonds. The maximum atomic E-state index is 12.3. The molecule has 6 heteroatoms. The number of aromatic nitrogens is 2. The first-order valence-electron chi connectivity index (χ1n) is 8.79. The number of aryl methyl sites for hydroxylation is 1. The topological polar surface area (TPSA) is 46.9 Å². The third-order valence-corrected chi connectivity index (χ3v) is 5.62. The van der Waals surface area contributed by atoms with Gasteiger partial charge in [-0.25, -0.2) is 4.98 Å². The molecule has 2 aromatic carbocycles. The Hall–Kier alpha value is -2.24. The van der Waals surface area contributed by atoms with Crippen molar-refractivity contribution in [3.8, 4) is 0 Å².